The lowest BCUT2D eigenvalue weighted by Gasteiger charge is -2.15. The van der Waals surface area contributed by atoms with E-state index in [1.54, 1.807) is 24.8 Å². The van der Waals surface area contributed by atoms with Gasteiger partial charge in [0.1, 0.15) is 16.5 Å². The van der Waals surface area contributed by atoms with Gasteiger partial charge in [0.15, 0.2) is 5.82 Å². The smallest absolute Gasteiger partial charge is 0.259 e. The number of nitrogens with zero attached hydrogens (tertiary/aromatic N) is 4. The summed E-state index contributed by atoms with van der Waals surface area (Å²) in [5.41, 5.74) is 1.76. The molecule has 1 N–H and O–H groups in total. The van der Waals surface area contributed by atoms with Crippen LogP contribution in [-0.2, 0) is 0 Å². The molecule has 5 rings (SSSR count). The van der Waals surface area contributed by atoms with Crippen LogP contribution in [0.3, 0.4) is 0 Å². The van der Waals surface area contributed by atoms with Crippen LogP contribution in [0.1, 0.15) is 16.2 Å². The number of hydrogen-bond acceptors (Lipinski definition) is 7. The molecule has 0 spiro atoms. The van der Waals surface area contributed by atoms with Gasteiger partial charge in [-0.05, 0) is 57.9 Å². The maximum absolute atomic E-state index is 13.3. The molecule has 0 aliphatic heterocycles. The molecule has 0 aliphatic carbocycles. The average Bonchev–Trinajstić information content (AvgIpc) is 3.41. The van der Waals surface area contributed by atoms with Crippen molar-refractivity contribution in [1.82, 2.24) is 19.8 Å². The summed E-state index contributed by atoms with van der Waals surface area (Å²) >= 11 is 5.00. The van der Waals surface area contributed by atoms with Crippen LogP contribution in [0.15, 0.2) is 53.0 Å². The summed E-state index contributed by atoms with van der Waals surface area (Å²) in [6.07, 6.45) is 0. The molecular formula is C23H18BrN5O3S. The number of rotatable bonds is 5. The zero-order valence-corrected chi connectivity index (χ0v) is 20.3. The third-order valence-corrected chi connectivity index (χ3v) is 6.97. The molecular weight excluding hydrogens is 506 g/mol. The summed E-state index contributed by atoms with van der Waals surface area (Å²) < 4.78 is 13.5. The molecule has 0 atom stereocenters. The van der Waals surface area contributed by atoms with Gasteiger partial charge in [0.2, 0.25) is 4.96 Å². The molecule has 0 radical (unpaired) electrons. The normalized spacial score (nSPS) is 11.2. The lowest BCUT2D eigenvalue weighted by atomic mass is 10.0. The maximum Gasteiger partial charge on any atom is 0.259 e. The molecule has 2 heterocycles. The van der Waals surface area contributed by atoms with Gasteiger partial charge in [-0.25, -0.2) is 0 Å². The number of amides is 1. The monoisotopic (exact) mass is 523 g/mol. The third-order valence-electron chi connectivity index (χ3n) is 5.23. The van der Waals surface area contributed by atoms with Crippen LogP contribution in [0.25, 0.3) is 26.3 Å². The minimum Gasteiger partial charge on any atom is -0.495 e. The first kappa shape index (κ1) is 21.4. The highest BCUT2D eigenvalue weighted by atomic mass is 79.9. The van der Waals surface area contributed by atoms with E-state index < -0.39 is 0 Å². The van der Waals surface area contributed by atoms with E-state index in [1.165, 1.54) is 11.3 Å². The Kier molecular flexibility index (Phi) is 5.47. The van der Waals surface area contributed by atoms with Crippen LogP contribution in [0.4, 0.5) is 5.69 Å². The van der Waals surface area contributed by atoms with Gasteiger partial charge in [0, 0.05) is 5.56 Å². The van der Waals surface area contributed by atoms with Crippen LogP contribution in [0.2, 0.25) is 0 Å². The van der Waals surface area contributed by atoms with Gasteiger partial charge >= 0.3 is 0 Å². The molecule has 33 heavy (non-hydrogen) atoms. The van der Waals surface area contributed by atoms with E-state index in [1.807, 2.05) is 49.4 Å². The molecule has 10 heteroatoms. The van der Waals surface area contributed by atoms with E-state index >= 15 is 0 Å². The Morgan fingerprint density at radius 1 is 1.09 bits per heavy atom. The second-order valence-corrected chi connectivity index (χ2v) is 8.96. The average molecular weight is 524 g/mol. The zero-order valence-electron chi connectivity index (χ0n) is 17.9. The fourth-order valence-corrected chi connectivity index (χ4v) is 5.23. The number of methoxy groups -OCH3 is 2. The molecule has 5 aromatic rings. The molecule has 0 aliphatic rings. The molecule has 0 saturated heterocycles. The topological polar surface area (TPSA) is 90.6 Å². The van der Waals surface area contributed by atoms with Crippen molar-refractivity contribution in [2.24, 2.45) is 0 Å². The van der Waals surface area contributed by atoms with E-state index in [-0.39, 0.29) is 5.91 Å². The second-order valence-electron chi connectivity index (χ2n) is 7.21. The van der Waals surface area contributed by atoms with Crippen LogP contribution in [0, 0.1) is 6.92 Å². The second kappa shape index (κ2) is 8.45. The fourth-order valence-electron chi connectivity index (χ4n) is 3.61. The molecule has 2 aromatic heterocycles. The number of carbonyl (C=O) groups is 1. The standard InChI is InChI=1S/C23H18BrN5O3S/c1-12-26-27-23-29(12)28-22(33-23)14-8-9-18(31-2)17(11-14)25-21(30)16-10-13-6-4-5-7-15(13)19(24)20(16)32-3/h4-11H,1-3H3,(H,25,30). The highest BCUT2D eigenvalue weighted by molar-refractivity contribution is 9.10. The lowest BCUT2D eigenvalue weighted by Crippen LogP contribution is -2.14. The van der Waals surface area contributed by atoms with Crippen molar-refractivity contribution >= 4 is 54.6 Å². The van der Waals surface area contributed by atoms with Crippen molar-refractivity contribution < 1.29 is 14.3 Å². The first-order valence-corrected chi connectivity index (χ1v) is 11.5. The molecule has 166 valence electrons. The summed E-state index contributed by atoms with van der Waals surface area (Å²) in [4.78, 5) is 14.1. The van der Waals surface area contributed by atoms with Crippen molar-refractivity contribution in [3.8, 4) is 22.1 Å². The van der Waals surface area contributed by atoms with E-state index in [0.29, 0.717) is 33.5 Å². The Balaban J connectivity index is 1.54. The van der Waals surface area contributed by atoms with E-state index in [4.69, 9.17) is 9.47 Å². The van der Waals surface area contributed by atoms with Crippen LogP contribution >= 0.6 is 27.3 Å². The Labute approximate surface area is 201 Å². The van der Waals surface area contributed by atoms with Gasteiger partial charge in [-0.1, -0.05) is 35.6 Å². The van der Waals surface area contributed by atoms with Gasteiger partial charge in [0.05, 0.1) is 29.9 Å². The van der Waals surface area contributed by atoms with Gasteiger partial charge < -0.3 is 14.8 Å². The Morgan fingerprint density at radius 2 is 1.91 bits per heavy atom. The number of aromatic nitrogens is 4. The molecule has 0 unspecified atom stereocenters. The van der Waals surface area contributed by atoms with Gasteiger partial charge in [-0.3, -0.25) is 4.79 Å². The van der Waals surface area contributed by atoms with Gasteiger partial charge in [-0.15, -0.1) is 10.2 Å². The number of fused-ring (bicyclic) bond motifs is 2. The van der Waals surface area contributed by atoms with Gasteiger partial charge in [0.25, 0.3) is 5.91 Å². The predicted molar refractivity (Wildman–Crippen MR) is 132 cm³/mol. The first-order chi connectivity index (χ1) is 16.0. The zero-order chi connectivity index (χ0) is 23.1. The van der Waals surface area contributed by atoms with Crippen LogP contribution in [-0.4, -0.2) is 39.9 Å². The Hall–Kier alpha value is -3.50. The van der Waals surface area contributed by atoms with E-state index in [0.717, 1.165) is 25.8 Å². The number of anilines is 1. The number of carbonyl (C=O) groups excluding carboxylic acids is 1. The van der Waals surface area contributed by atoms with E-state index in [9.17, 15) is 4.79 Å². The molecule has 0 fully saturated rings. The third kappa shape index (κ3) is 3.70. The Bertz CT molecular complexity index is 1530. The number of ether oxygens (including phenoxy) is 2. The quantitative estimate of drug-likeness (QED) is 0.334. The molecule has 0 saturated carbocycles. The maximum atomic E-state index is 13.3. The summed E-state index contributed by atoms with van der Waals surface area (Å²) in [5.74, 6) is 1.39. The van der Waals surface area contributed by atoms with Crippen molar-refractivity contribution in [3.05, 3.63) is 64.4 Å². The fraction of sp³-hybridized carbons (Fsp3) is 0.130. The number of benzene rings is 3. The largest absolute Gasteiger partial charge is 0.495 e. The van der Waals surface area contributed by atoms with Crippen molar-refractivity contribution in [2.75, 3.05) is 19.5 Å². The van der Waals surface area contributed by atoms with Crippen molar-refractivity contribution in [1.29, 1.82) is 0 Å². The summed E-state index contributed by atoms with van der Waals surface area (Å²) in [5, 5.41) is 18.3. The van der Waals surface area contributed by atoms with Gasteiger partial charge in [-0.2, -0.15) is 9.61 Å². The van der Waals surface area contributed by atoms with Crippen molar-refractivity contribution in [3.63, 3.8) is 0 Å². The number of aryl methyl sites for hydroxylation is 1. The highest BCUT2D eigenvalue weighted by Crippen LogP contribution is 2.38. The summed E-state index contributed by atoms with van der Waals surface area (Å²) in [6, 6.07) is 15.1. The van der Waals surface area contributed by atoms with E-state index in [2.05, 4.69) is 36.5 Å². The first-order valence-electron chi connectivity index (χ1n) is 9.94. The lowest BCUT2D eigenvalue weighted by molar-refractivity contribution is 0.102. The molecule has 0 bridgehead atoms. The molecule has 3 aromatic carbocycles. The molecule has 1 amide bonds. The van der Waals surface area contributed by atoms with Crippen LogP contribution in [0.5, 0.6) is 11.5 Å². The van der Waals surface area contributed by atoms with Crippen LogP contribution < -0.4 is 14.8 Å². The van der Waals surface area contributed by atoms with Crippen molar-refractivity contribution in [2.45, 2.75) is 6.92 Å². The Morgan fingerprint density at radius 3 is 2.67 bits per heavy atom. The number of hydrogen-bond donors (Lipinski definition) is 1. The predicted octanol–water partition coefficient (Wildman–Crippen LogP) is 5.35. The molecule has 8 nitrogen and oxygen atoms in total. The SMILES string of the molecule is COc1ccc(-c2nn3c(C)nnc3s2)cc1NC(=O)c1cc2ccccc2c(Br)c1OC. The minimum absolute atomic E-state index is 0.317. The summed E-state index contributed by atoms with van der Waals surface area (Å²) in [6.45, 7) is 1.85. The highest BCUT2D eigenvalue weighted by Gasteiger charge is 2.20. The number of halogens is 1. The summed E-state index contributed by atoms with van der Waals surface area (Å²) in [7, 11) is 3.10. The minimum atomic E-state index is -0.317. The number of nitrogens with one attached hydrogen (secondary N) is 1.